The molecule has 1 aliphatic rings. The monoisotopic (exact) mass is 457 g/mol. The summed E-state index contributed by atoms with van der Waals surface area (Å²) in [5, 5.41) is 3.46. The number of nitrogens with zero attached hydrogens (tertiary/aromatic N) is 2. The van der Waals surface area contributed by atoms with E-state index in [2.05, 4.69) is 22.9 Å². The molecule has 2 heterocycles. The Morgan fingerprint density at radius 3 is 2.41 bits per heavy atom. The summed E-state index contributed by atoms with van der Waals surface area (Å²) >= 11 is 4.34. The lowest BCUT2D eigenvalue weighted by Crippen LogP contribution is -2.38. The van der Waals surface area contributed by atoms with E-state index in [0.29, 0.717) is 40.6 Å². The third kappa shape index (κ3) is 4.60. The number of likely N-dealkylation sites (tertiary alicyclic amines) is 1. The summed E-state index contributed by atoms with van der Waals surface area (Å²) in [4.78, 5) is 19.3. The number of piperidine rings is 1. The molecule has 0 spiro atoms. The lowest BCUT2D eigenvalue weighted by atomic mass is 9.89. The first-order valence-corrected chi connectivity index (χ1v) is 10.7. The van der Waals surface area contributed by atoms with E-state index in [1.165, 1.54) is 24.4 Å². The van der Waals surface area contributed by atoms with Crippen LogP contribution in [0.4, 0.5) is 24.5 Å². The van der Waals surface area contributed by atoms with Crippen LogP contribution in [-0.4, -0.2) is 28.9 Å². The molecule has 1 saturated heterocycles. The Kier molecular flexibility index (Phi) is 6.41. The molecule has 3 aromatic rings. The molecule has 1 fully saturated rings. The number of halogens is 3. The fraction of sp³-hybridized carbons (Fsp3) is 0.250. The van der Waals surface area contributed by atoms with E-state index in [1.807, 2.05) is 0 Å². The molecule has 166 valence electrons. The largest absolute Gasteiger partial charge is 0.354 e. The molecule has 4 nitrogen and oxygen atoms in total. The summed E-state index contributed by atoms with van der Waals surface area (Å²) < 4.78 is 40.2. The number of anilines is 2. The predicted molar refractivity (Wildman–Crippen MR) is 120 cm³/mol. The SMILES string of the molecule is Cc1c(S)ncc(C(=O)N2CCC(c3ccc(F)cc3)CC2)c1Nc1ccc(F)c(F)c1. The summed E-state index contributed by atoms with van der Waals surface area (Å²) in [5.41, 5.74) is 2.81. The summed E-state index contributed by atoms with van der Waals surface area (Å²) in [6, 6.07) is 9.96. The number of carbonyl (C=O) groups excluding carboxylic acids is 1. The van der Waals surface area contributed by atoms with Crippen molar-refractivity contribution < 1.29 is 18.0 Å². The van der Waals surface area contributed by atoms with E-state index >= 15 is 0 Å². The first kappa shape index (κ1) is 22.2. The molecule has 0 saturated carbocycles. The first-order chi connectivity index (χ1) is 15.3. The van der Waals surface area contributed by atoms with Gasteiger partial charge in [0, 0.05) is 36.6 Å². The van der Waals surface area contributed by atoms with Crippen molar-refractivity contribution in [3.05, 3.63) is 82.8 Å². The molecule has 1 aromatic heterocycles. The summed E-state index contributed by atoms with van der Waals surface area (Å²) in [5.74, 6) is -2.13. The maximum atomic E-state index is 13.7. The number of rotatable bonds is 4. The van der Waals surface area contributed by atoms with Crippen molar-refractivity contribution in [2.75, 3.05) is 18.4 Å². The van der Waals surface area contributed by atoms with Crippen molar-refractivity contribution in [2.24, 2.45) is 0 Å². The Bertz CT molecular complexity index is 1150. The number of amides is 1. The lowest BCUT2D eigenvalue weighted by molar-refractivity contribution is 0.0713. The van der Waals surface area contributed by atoms with E-state index in [0.717, 1.165) is 30.5 Å². The summed E-state index contributed by atoms with van der Waals surface area (Å²) in [7, 11) is 0. The molecule has 1 amide bonds. The number of hydrogen-bond donors (Lipinski definition) is 2. The van der Waals surface area contributed by atoms with Crippen molar-refractivity contribution in [1.82, 2.24) is 9.88 Å². The number of aromatic nitrogens is 1. The highest BCUT2D eigenvalue weighted by molar-refractivity contribution is 7.80. The Morgan fingerprint density at radius 1 is 1.06 bits per heavy atom. The van der Waals surface area contributed by atoms with Crippen LogP contribution in [0.3, 0.4) is 0 Å². The molecule has 1 aliphatic heterocycles. The van der Waals surface area contributed by atoms with Crippen LogP contribution < -0.4 is 5.32 Å². The van der Waals surface area contributed by atoms with Crippen molar-refractivity contribution in [2.45, 2.75) is 30.7 Å². The minimum absolute atomic E-state index is 0.198. The minimum Gasteiger partial charge on any atom is -0.354 e. The van der Waals surface area contributed by atoms with Crippen molar-refractivity contribution in [3.8, 4) is 0 Å². The average molecular weight is 458 g/mol. The predicted octanol–water partition coefficient (Wildman–Crippen LogP) is 5.86. The van der Waals surface area contributed by atoms with Gasteiger partial charge >= 0.3 is 0 Å². The van der Waals surface area contributed by atoms with Gasteiger partial charge in [-0.3, -0.25) is 4.79 Å². The fourth-order valence-electron chi connectivity index (χ4n) is 3.96. The third-order valence-electron chi connectivity index (χ3n) is 5.84. The van der Waals surface area contributed by atoms with E-state index in [4.69, 9.17) is 0 Å². The molecular weight excluding hydrogens is 435 g/mol. The van der Waals surface area contributed by atoms with Gasteiger partial charge in [0.2, 0.25) is 0 Å². The number of nitrogens with one attached hydrogen (secondary N) is 1. The second-order valence-corrected chi connectivity index (χ2v) is 8.29. The van der Waals surface area contributed by atoms with Gasteiger partial charge in [0.1, 0.15) is 5.82 Å². The molecule has 8 heteroatoms. The van der Waals surface area contributed by atoms with Crippen LogP contribution in [0.2, 0.25) is 0 Å². The van der Waals surface area contributed by atoms with Crippen LogP contribution in [0, 0.1) is 24.4 Å². The third-order valence-corrected chi connectivity index (χ3v) is 6.29. The molecule has 0 radical (unpaired) electrons. The molecule has 32 heavy (non-hydrogen) atoms. The van der Waals surface area contributed by atoms with Gasteiger partial charge in [-0.25, -0.2) is 18.2 Å². The van der Waals surface area contributed by atoms with Gasteiger partial charge < -0.3 is 10.2 Å². The number of benzene rings is 2. The molecule has 0 aliphatic carbocycles. The zero-order valence-electron chi connectivity index (χ0n) is 17.4. The molecule has 0 bridgehead atoms. The first-order valence-electron chi connectivity index (χ1n) is 10.3. The van der Waals surface area contributed by atoms with Crippen LogP contribution in [-0.2, 0) is 0 Å². The standard InChI is InChI=1S/C24H22F3N3OS/c1-14-22(29-18-6-7-20(26)21(27)12-18)19(13-28-23(14)32)24(31)30-10-8-16(9-11-30)15-2-4-17(25)5-3-15/h2-7,12-13,16H,8-11H2,1H3,(H2,28,29,32). The van der Waals surface area contributed by atoms with Gasteiger partial charge in [-0.05, 0) is 55.5 Å². The van der Waals surface area contributed by atoms with Crippen LogP contribution in [0.15, 0.2) is 53.7 Å². The minimum atomic E-state index is -0.983. The van der Waals surface area contributed by atoms with Crippen molar-refractivity contribution in [1.29, 1.82) is 0 Å². The highest BCUT2D eigenvalue weighted by atomic mass is 32.1. The van der Waals surface area contributed by atoms with E-state index in [9.17, 15) is 18.0 Å². The molecule has 1 N–H and O–H groups in total. The molecule has 0 atom stereocenters. The molecule has 0 unspecified atom stereocenters. The Morgan fingerprint density at radius 2 is 1.75 bits per heavy atom. The number of carbonyl (C=O) groups is 1. The zero-order chi connectivity index (χ0) is 22.8. The van der Waals surface area contributed by atoms with Crippen LogP contribution in [0.25, 0.3) is 0 Å². The van der Waals surface area contributed by atoms with Gasteiger partial charge in [-0.15, -0.1) is 12.6 Å². The van der Waals surface area contributed by atoms with Gasteiger partial charge in [0.05, 0.1) is 16.3 Å². The highest BCUT2D eigenvalue weighted by Gasteiger charge is 2.27. The van der Waals surface area contributed by atoms with Crippen molar-refractivity contribution in [3.63, 3.8) is 0 Å². The van der Waals surface area contributed by atoms with E-state index in [1.54, 1.807) is 24.0 Å². The van der Waals surface area contributed by atoms with Crippen LogP contribution in [0.5, 0.6) is 0 Å². The quantitative estimate of drug-likeness (QED) is 0.483. The number of thiol groups is 1. The van der Waals surface area contributed by atoms with E-state index in [-0.39, 0.29) is 17.6 Å². The maximum Gasteiger partial charge on any atom is 0.257 e. The van der Waals surface area contributed by atoms with Crippen LogP contribution >= 0.6 is 12.6 Å². The second kappa shape index (κ2) is 9.24. The number of pyridine rings is 1. The lowest BCUT2D eigenvalue weighted by Gasteiger charge is -2.33. The Labute approximate surface area is 189 Å². The van der Waals surface area contributed by atoms with Gasteiger partial charge in [0.25, 0.3) is 5.91 Å². The van der Waals surface area contributed by atoms with Gasteiger partial charge in [0.15, 0.2) is 11.6 Å². The van der Waals surface area contributed by atoms with Gasteiger partial charge in [-0.2, -0.15) is 0 Å². The number of hydrogen-bond acceptors (Lipinski definition) is 4. The summed E-state index contributed by atoms with van der Waals surface area (Å²) in [6.45, 7) is 2.86. The van der Waals surface area contributed by atoms with E-state index < -0.39 is 11.6 Å². The molecular formula is C24H22F3N3OS. The van der Waals surface area contributed by atoms with Crippen LogP contribution in [0.1, 0.15) is 40.2 Å². The Balaban J connectivity index is 1.54. The van der Waals surface area contributed by atoms with Gasteiger partial charge in [-0.1, -0.05) is 12.1 Å². The highest BCUT2D eigenvalue weighted by Crippen LogP contribution is 2.32. The second-order valence-electron chi connectivity index (χ2n) is 7.87. The molecule has 2 aromatic carbocycles. The topological polar surface area (TPSA) is 45.2 Å². The average Bonchev–Trinajstić information content (AvgIpc) is 2.80. The molecule has 4 rings (SSSR count). The summed E-state index contributed by atoms with van der Waals surface area (Å²) in [6.07, 6.45) is 2.98. The smallest absolute Gasteiger partial charge is 0.257 e. The maximum absolute atomic E-state index is 13.7. The zero-order valence-corrected chi connectivity index (χ0v) is 18.3. The fourth-order valence-corrected chi connectivity index (χ4v) is 4.13. The van der Waals surface area contributed by atoms with Crippen molar-refractivity contribution >= 4 is 29.9 Å². The Hall–Kier alpha value is -3.00. The normalized spacial score (nSPS) is 14.5.